The molecule has 0 N–H and O–H groups in total. The van der Waals surface area contributed by atoms with Gasteiger partial charge in [-0.15, -0.1) is 0 Å². The number of hydrogen-bond acceptors (Lipinski definition) is 5. The van der Waals surface area contributed by atoms with Gasteiger partial charge in [-0.05, 0) is 36.2 Å². The monoisotopic (exact) mass is 546 g/mol. The third kappa shape index (κ3) is 4.62. The molecule has 0 spiro atoms. The summed E-state index contributed by atoms with van der Waals surface area (Å²) in [5.41, 5.74) is -1.36. The molecule has 1 aliphatic rings. The SMILES string of the molecule is C[C@@H]1C(=O)O[C@@](CCBr)(c2ccccc2)[C@]1(O[Si](C)(C)C(C)(C)C)C(=O)OCc1ccccc1. The molecular weight excluding hydrogens is 512 g/mol. The van der Waals surface area contributed by atoms with E-state index >= 15 is 0 Å². The molecule has 3 rings (SSSR count). The zero-order chi connectivity index (χ0) is 25.2. The molecule has 0 bridgehead atoms. The number of carbonyl (C=O) groups is 2. The van der Waals surface area contributed by atoms with Gasteiger partial charge in [-0.25, -0.2) is 4.79 Å². The molecule has 1 aliphatic heterocycles. The van der Waals surface area contributed by atoms with Crippen LogP contribution in [-0.2, 0) is 35.7 Å². The van der Waals surface area contributed by atoms with E-state index in [4.69, 9.17) is 13.9 Å². The van der Waals surface area contributed by atoms with Crippen molar-refractivity contribution in [3.05, 3.63) is 71.8 Å². The lowest BCUT2D eigenvalue weighted by molar-refractivity contribution is -0.191. The van der Waals surface area contributed by atoms with Gasteiger partial charge in [0, 0.05) is 11.8 Å². The molecule has 1 heterocycles. The summed E-state index contributed by atoms with van der Waals surface area (Å²) in [6.45, 7) is 12.3. The number of esters is 2. The van der Waals surface area contributed by atoms with Gasteiger partial charge in [0.15, 0.2) is 13.9 Å². The Morgan fingerprint density at radius 3 is 2.15 bits per heavy atom. The van der Waals surface area contributed by atoms with Gasteiger partial charge in [0.25, 0.3) is 0 Å². The van der Waals surface area contributed by atoms with Crippen molar-refractivity contribution < 1.29 is 23.5 Å². The molecule has 7 heteroatoms. The maximum Gasteiger partial charge on any atom is 0.343 e. The molecule has 0 saturated carbocycles. The Kier molecular flexibility index (Phi) is 7.80. The zero-order valence-electron chi connectivity index (χ0n) is 20.9. The van der Waals surface area contributed by atoms with Crippen molar-refractivity contribution in [2.24, 2.45) is 5.92 Å². The van der Waals surface area contributed by atoms with Gasteiger partial charge in [0.2, 0.25) is 5.60 Å². The van der Waals surface area contributed by atoms with Crippen LogP contribution in [0.15, 0.2) is 60.7 Å². The standard InChI is InChI=1S/C27H35BrO5Si/c1-20-23(29)32-26(17-18-28,22-15-11-8-12-16-22)27(20,33-34(5,6)25(2,3)4)24(30)31-19-21-13-9-7-10-14-21/h7-16,20H,17-19H2,1-6H3/t20-,26+,27-/m1/s1. The Bertz CT molecular complexity index is 1000. The first-order valence-corrected chi connectivity index (χ1v) is 15.7. The van der Waals surface area contributed by atoms with Crippen LogP contribution in [0, 0.1) is 5.92 Å². The zero-order valence-corrected chi connectivity index (χ0v) is 23.5. The molecule has 0 aliphatic carbocycles. The van der Waals surface area contributed by atoms with E-state index in [0.717, 1.165) is 11.1 Å². The molecule has 3 atom stereocenters. The van der Waals surface area contributed by atoms with E-state index in [1.165, 1.54) is 0 Å². The van der Waals surface area contributed by atoms with Gasteiger partial charge >= 0.3 is 11.9 Å². The van der Waals surface area contributed by atoms with Gasteiger partial charge in [-0.2, -0.15) is 0 Å². The highest BCUT2D eigenvalue weighted by Gasteiger charge is 2.73. The van der Waals surface area contributed by atoms with Crippen LogP contribution in [0.2, 0.25) is 18.1 Å². The Morgan fingerprint density at radius 2 is 1.62 bits per heavy atom. The summed E-state index contributed by atoms with van der Waals surface area (Å²) in [7, 11) is -2.58. The van der Waals surface area contributed by atoms with E-state index in [0.29, 0.717) is 11.8 Å². The number of rotatable bonds is 8. The number of benzene rings is 2. The third-order valence-electron chi connectivity index (χ3n) is 7.26. The second kappa shape index (κ2) is 9.95. The normalized spacial score (nSPS) is 25.1. The minimum atomic E-state index is -2.58. The first-order valence-electron chi connectivity index (χ1n) is 11.7. The van der Waals surface area contributed by atoms with Gasteiger partial charge in [0.05, 0.1) is 5.92 Å². The van der Waals surface area contributed by atoms with Gasteiger partial charge in [-0.3, -0.25) is 4.79 Å². The number of carbonyl (C=O) groups excluding carboxylic acids is 2. The maximum absolute atomic E-state index is 14.2. The average Bonchev–Trinajstić information content (AvgIpc) is 3.00. The summed E-state index contributed by atoms with van der Waals surface area (Å²) in [6, 6.07) is 19.0. The molecule has 2 aromatic carbocycles. The van der Waals surface area contributed by atoms with E-state index in [-0.39, 0.29) is 11.6 Å². The van der Waals surface area contributed by atoms with E-state index in [2.05, 4.69) is 49.8 Å². The van der Waals surface area contributed by atoms with Crippen LogP contribution in [0.4, 0.5) is 0 Å². The first kappa shape index (κ1) is 26.6. The molecule has 5 nitrogen and oxygen atoms in total. The number of cyclic esters (lactones) is 1. The van der Waals surface area contributed by atoms with E-state index in [1.807, 2.05) is 60.7 Å². The van der Waals surface area contributed by atoms with Gasteiger partial charge in [-0.1, -0.05) is 97.4 Å². The van der Waals surface area contributed by atoms with Crippen molar-refractivity contribution in [3.8, 4) is 0 Å². The number of alkyl halides is 1. The third-order valence-corrected chi connectivity index (χ3v) is 12.1. The average molecular weight is 548 g/mol. The Balaban J connectivity index is 2.21. The fourth-order valence-corrected chi connectivity index (χ4v) is 6.38. The van der Waals surface area contributed by atoms with Gasteiger partial charge in [0.1, 0.15) is 6.61 Å². The lowest BCUT2D eigenvalue weighted by Gasteiger charge is -2.49. The molecule has 2 aromatic rings. The molecule has 1 saturated heterocycles. The van der Waals surface area contributed by atoms with Crippen LogP contribution < -0.4 is 0 Å². The smallest absolute Gasteiger partial charge is 0.343 e. The number of halogens is 1. The summed E-state index contributed by atoms with van der Waals surface area (Å²) in [4.78, 5) is 27.5. The molecular formula is C27H35BrO5Si. The van der Waals surface area contributed by atoms with Crippen LogP contribution in [0.3, 0.4) is 0 Å². The molecule has 0 radical (unpaired) electrons. The van der Waals surface area contributed by atoms with Crippen LogP contribution in [0.5, 0.6) is 0 Å². The Labute approximate surface area is 212 Å². The predicted molar refractivity (Wildman–Crippen MR) is 139 cm³/mol. The summed E-state index contributed by atoms with van der Waals surface area (Å²) >= 11 is 3.54. The quantitative estimate of drug-likeness (QED) is 0.219. The topological polar surface area (TPSA) is 61.8 Å². The van der Waals surface area contributed by atoms with E-state index in [9.17, 15) is 9.59 Å². The lowest BCUT2D eigenvalue weighted by atomic mass is 9.71. The summed E-state index contributed by atoms with van der Waals surface area (Å²) < 4.78 is 19.1. The van der Waals surface area contributed by atoms with Gasteiger partial charge < -0.3 is 13.9 Å². The van der Waals surface area contributed by atoms with E-state index < -0.39 is 37.4 Å². The van der Waals surface area contributed by atoms with Crippen molar-refractivity contribution >= 4 is 36.2 Å². The van der Waals surface area contributed by atoms with Crippen LogP contribution in [-0.4, -0.2) is 31.2 Å². The van der Waals surface area contributed by atoms with Crippen molar-refractivity contribution in [2.45, 2.75) is 70.1 Å². The van der Waals surface area contributed by atoms with Crippen molar-refractivity contribution in [2.75, 3.05) is 5.33 Å². The highest BCUT2D eigenvalue weighted by atomic mass is 79.9. The minimum absolute atomic E-state index is 0.0857. The van der Waals surface area contributed by atoms with Crippen molar-refractivity contribution in [1.29, 1.82) is 0 Å². The second-order valence-electron chi connectivity index (χ2n) is 10.4. The van der Waals surface area contributed by atoms with E-state index in [1.54, 1.807) is 6.92 Å². The minimum Gasteiger partial charge on any atom is -0.459 e. The second-order valence-corrected chi connectivity index (χ2v) is 16.0. The molecule has 1 fully saturated rings. The Hall–Kier alpha value is -1.96. The first-order chi connectivity index (χ1) is 15.9. The fourth-order valence-electron chi connectivity index (χ4n) is 4.29. The Morgan fingerprint density at radius 1 is 1.06 bits per heavy atom. The van der Waals surface area contributed by atoms with Crippen molar-refractivity contribution in [1.82, 2.24) is 0 Å². The highest BCUT2D eigenvalue weighted by molar-refractivity contribution is 9.09. The molecule has 0 amide bonds. The lowest BCUT2D eigenvalue weighted by Crippen LogP contribution is -2.65. The fraction of sp³-hybridized carbons (Fsp3) is 0.481. The van der Waals surface area contributed by atoms with Crippen LogP contribution >= 0.6 is 15.9 Å². The van der Waals surface area contributed by atoms with Crippen LogP contribution in [0.25, 0.3) is 0 Å². The van der Waals surface area contributed by atoms with Crippen molar-refractivity contribution in [3.63, 3.8) is 0 Å². The predicted octanol–water partition coefficient (Wildman–Crippen LogP) is 6.36. The maximum atomic E-state index is 14.2. The summed E-state index contributed by atoms with van der Waals surface area (Å²) in [6.07, 6.45) is 0.363. The number of ether oxygens (including phenoxy) is 2. The molecule has 0 unspecified atom stereocenters. The van der Waals surface area contributed by atoms with Crippen LogP contribution in [0.1, 0.15) is 45.2 Å². The number of hydrogen-bond donors (Lipinski definition) is 0. The largest absolute Gasteiger partial charge is 0.459 e. The summed E-state index contributed by atoms with van der Waals surface area (Å²) in [5.74, 6) is -1.87. The molecule has 184 valence electrons. The highest BCUT2D eigenvalue weighted by Crippen LogP contribution is 2.56. The summed E-state index contributed by atoms with van der Waals surface area (Å²) in [5, 5.41) is 0.304. The molecule has 0 aromatic heterocycles. The molecule has 34 heavy (non-hydrogen) atoms.